The molecule has 0 fully saturated rings. The summed E-state index contributed by atoms with van der Waals surface area (Å²) in [6.07, 6.45) is -1.74. The summed E-state index contributed by atoms with van der Waals surface area (Å²) in [7, 11) is 0. The number of imidazole rings is 1. The molecule has 0 radical (unpaired) electrons. The van der Waals surface area contributed by atoms with Crippen molar-refractivity contribution in [3.05, 3.63) is 95.8 Å². The fourth-order valence-electron chi connectivity index (χ4n) is 4.66. The second kappa shape index (κ2) is 9.44. The molecule has 2 N–H and O–H groups in total. The number of carbonyl (C=O) groups is 2. The minimum atomic E-state index is -1.78. The average Bonchev–Trinajstić information content (AvgIpc) is 3.52. The zero-order chi connectivity index (χ0) is 24.5. The van der Waals surface area contributed by atoms with Crippen molar-refractivity contribution < 1.29 is 19.8 Å². The number of nitrogens with zero attached hydrogens (tertiary/aromatic N) is 3. The Bertz CT molecular complexity index is 1350. The first kappa shape index (κ1) is 23.0. The number of fused-ring (bicyclic) bond motifs is 2. The topological polar surface area (TPSA) is 95.7 Å². The molecule has 2 heterocycles. The lowest BCUT2D eigenvalue weighted by molar-refractivity contribution is -0.152. The summed E-state index contributed by atoms with van der Waals surface area (Å²) in [5.41, 5.74) is 5.81. The SMILES string of the molecule is C[C@H](CC(=O)[C@H](O)[C@@H](O)C(=O)N1Cc2ccccc2C1)c1ccc(-n2cnc3ccccc32)cc1. The van der Waals surface area contributed by atoms with Gasteiger partial charge < -0.3 is 15.1 Å². The number of para-hydroxylation sites is 2. The molecule has 3 atom stereocenters. The molecule has 3 aromatic carbocycles. The van der Waals surface area contributed by atoms with Crippen molar-refractivity contribution in [2.75, 3.05) is 0 Å². The van der Waals surface area contributed by atoms with Crippen molar-refractivity contribution in [3.8, 4) is 5.69 Å². The van der Waals surface area contributed by atoms with Crippen molar-refractivity contribution in [3.63, 3.8) is 0 Å². The number of ketones is 1. The van der Waals surface area contributed by atoms with Gasteiger partial charge in [-0.1, -0.05) is 55.5 Å². The third-order valence-corrected chi connectivity index (χ3v) is 6.74. The van der Waals surface area contributed by atoms with E-state index < -0.39 is 23.9 Å². The number of aliphatic hydroxyl groups excluding tert-OH is 2. The van der Waals surface area contributed by atoms with E-state index >= 15 is 0 Å². The number of amides is 1. The van der Waals surface area contributed by atoms with Crippen molar-refractivity contribution in [1.29, 1.82) is 0 Å². The second-order valence-corrected chi connectivity index (χ2v) is 9.12. The Hall–Kier alpha value is -3.81. The van der Waals surface area contributed by atoms with Gasteiger partial charge in [-0.05, 0) is 46.9 Å². The highest BCUT2D eigenvalue weighted by atomic mass is 16.3. The van der Waals surface area contributed by atoms with Crippen molar-refractivity contribution in [2.24, 2.45) is 0 Å². The van der Waals surface area contributed by atoms with Crippen LogP contribution >= 0.6 is 0 Å². The van der Waals surface area contributed by atoms with Crippen molar-refractivity contribution >= 4 is 22.7 Å². The first-order valence-electron chi connectivity index (χ1n) is 11.7. The summed E-state index contributed by atoms with van der Waals surface area (Å²) in [4.78, 5) is 31.3. The van der Waals surface area contributed by atoms with Crippen molar-refractivity contribution in [2.45, 2.75) is 44.6 Å². The van der Waals surface area contributed by atoms with Crippen LogP contribution in [0.1, 0.15) is 36.0 Å². The molecule has 1 amide bonds. The Morgan fingerprint density at radius 1 is 0.886 bits per heavy atom. The van der Waals surface area contributed by atoms with Crippen LogP contribution in [-0.2, 0) is 22.7 Å². The number of benzene rings is 3. The predicted molar refractivity (Wildman–Crippen MR) is 132 cm³/mol. The lowest BCUT2D eigenvalue weighted by Gasteiger charge is -2.23. The van der Waals surface area contributed by atoms with E-state index in [2.05, 4.69) is 4.98 Å². The third kappa shape index (κ3) is 4.48. The molecule has 7 nitrogen and oxygen atoms in total. The summed E-state index contributed by atoms with van der Waals surface area (Å²) in [5.74, 6) is -1.38. The van der Waals surface area contributed by atoms with Gasteiger partial charge in [0.15, 0.2) is 11.9 Å². The smallest absolute Gasteiger partial charge is 0.255 e. The molecule has 1 aliphatic rings. The summed E-state index contributed by atoms with van der Waals surface area (Å²) in [6.45, 7) is 2.61. The van der Waals surface area contributed by atoms with Crippen LogP contribution in [0.2, 0.25) is 0 Å². The number of hydrogen-bond donors (Lipinski definition) is 2. The van der Waals surface area contributed by atoms with E-state index in [0.29, 0.717) is 13.1 Å². The molecule has 1 aliphatic heterocycles. The monoisotopic (exact) mass is 469 g/mol. The summed E-state index contributed by atoms with van der Waals surface area (Å²) in [6, 6.07) is 23.3. The molecule has 0 unspecified atom stereocenters. The van der Waals surface area contributed by atoms with Gasteiger partial charge in [0, 0.05) is 25.2 Å². The molecule has 0 spiro atoms. The quantitative estimate of drug-likeness (QED) is 0.433. The molecule has 178 valence electrons. The minimum Gasteiger partial charge on any atom is -0.382 e. The third-order valence-electron chi connectivity index (χ3n) is 6.74. The number of aromatic nitrogens is 2. The molecule has 35 heavy (non-hydrogen) atoms. The molecule has 0 saturated carbocycles. The van der Waals surface area contributed by atoms with Crippen LogP contribution in [0.25, 0.3) is 16.7 Å². The van der Waals surface area contributed by atoms with E-state index in [-0.39, 0.29) is 12.3 Å². The van der Waals surface area contributed by atoms with E-state index in [1.54, 1.807) is 6.33 Å². The predicted octanol–water partition coefficient (Wildman–Crippen LogP) is 3.35. The van der Waals surface area contributed by atoms with Gasteiger partial charge in [0.2, 0.25) is 0 Å². The molecule has 7 heteroatoms. The van der Waals surface area contributed by atoms with E-state index in [1.165, 1.54) is 4.90 Å². The molecule has 0 aliphatic carbocycles. The zero-order valence-corrected chi connectivity index (χ0v) is 19.4. The Balaban J connectivity index is 1.21. The van der Waals surface area contributed by atoms with Crippen LogP contribution in [0.5, 0.6) is 0 Å². The zero-order valence-electron chi connectivity index (χ0n) is 19.4. The van der Waals surface area contributed by atoms with Crippen LogP contribution in [0.15, 0.2) is 79.1 Å². The van der Waals surface area contributed by atoms with Gasteiger partial charge in [-0.3, -0.25) is 14.2 Å². The molecule has 4 aromatic rings. The van der Waals surface area contributed by atoms with Gasteiger partial charge in [0.1, 0.15) is 12.4 Å². The van der Waals surface area contributed by atoms with Crippen LogP contribution in [0.3, 0.4) is 0 Å². The maximum Gasteiger partial charge on any atom is 0.255 e. The first-order chi connectivity index (χ1) is 16.9. The highest BCUT2D eigenvalue weighted by Gasteiger charge is 2.35. The Morgan fingerprint density at radius 3 is 2.20 bits per heavy atom. The van der Waals surface area contributed by atoms with Crippen molar-refractivity contribution in [1.82, 2.24) is 14.5 Å². The van der Waals surface area contributed by atoms with Crippen LogP contribution in [-0.4, -0.2) is 48.6 Å². The molecule has 0 bridgehead atoms. The average molecular weight is 470 g/mol. The maximum absolute atomic E-state index is 12.7. The molecule has 0 saturated heterocycles. The van der Waals surface area contributed by atoms with Crippen LogP contribution in [0.4, 0.5) is 0 Å². The number of Topliss-reactive ketones (excluding diaryl/α,β-unsaturated/α-hetero) is 1. The lowest BCUT2D eigenvalue weighted by atomic mass is 9.92. The fraction of sp³-hybridized carbons (Fsp3) is 0.250. The van der Waals surface area contributed by atoms with Gasteiger partial charge in [-0.15, -0.1) is 0 Å². The largest absolute Gasteiger partial charge is 0.382 e. The van der Waals surface area contributed by atoms with Crippen LogP contribution in [0, 0.1) is 0 Å². The highest BCUT2D eigenvalue weighted by molar-refractivity contribution is 5.92. The van der Waals surface area contributed by atoms with Gasteiger partial charge in [0.05, 0.1) is 11.0 Å². The molecule has 5 rings (SSSR count). The van der Waals surface area contributed by atoms with Gasteiger partial charge in [0.25, 0.3) is 5.91 Å². The maximum atomic E-state index is 12.7. The highest BCUT2D eigenvalue weighted by Crippen LogP contribution is 2.26. The minimum absolute atomic E-state index is 0.0130. The van der Waals surface area contributed by atoms with Gasteiger partial charge in [-0.25, -0.2) is 4.98 Å². The molecular weight excluding hydrogens is 442 g/mol. The summed E-state index contributed by atoms with van der Waals surface area (Å²) < 4.78 is 2.00. The van der Waals surface area contributed by atoms with Crippen LogP contribution < -0.4 is 0 Å². The normalized spacial score (nSPS) is 15.6. The van der Waals surface area contributed by atoms with E-state index in [4.69, 9.17) is 0 Å². The van der Waals surface area contributed by atoms with Gasteiger partial charge in [-0.2, -0.15) is 0 Å². The number of aliphatic hydroxyl groups is 2. The molecular formula is C28H27N3O4. The number of hydrogen-bond acceptors (Lipinski definition) is 5. The second-order valence-electron chi connectivity index (χ2n) is 9.12. The molecule has 1 aromatic heterocycles. The Labute approximate surface area is 203 Å². The number of carbonyl (C=O) groups excluding carboxylic acids is 2. The summed E-state index contributed by atoms with van der Waals surface area (Å²) >= 11 is 0. The standard InChI is InChI=1S/C28H27N3O4/c1-18(19-10-12-22(13-11-19)31-17-29-23-8-4-5-9-24(23)31)14-25(32)26(33)27(34)28(35)30-15-20-6-2-3-7-21(20)16-30/h2-13,17-18,26-27,33-34H,14-16H2,1H3/t18-,26+,27-/m1/s1. The first-order valence-corrected chi connectivity index (χ1v) is 11.7. The summed E-state index contributed by atoms with van der Waals surface area (Å²) in [5, 5.41) is 20.9. The number of rotatable bonds is 7. The lowest BCUT2D eigenvalue weighted by Crippen LogP contribution is -2.46. The van der Waals surface area contributed by atoms with E-state index in [1.807, 2.05) is 84.3 Å². The Kier molecular flexibility index (Phi) is 6.19. The fourth-order valence-corrected chi connectivity index (χ4v) is 4.66. The van der Waals surface area contributed by atoms with E-state index in [9.17, 15) is 19.8 Å². The Morgan fingerprint density at radius 2 is 1.51 bits per heavy atom. The van der Waals surface area contributed by atoms with E-state index in [0.717, 1.165) is 33.4 Å². The van der Waals surface area contributed by atoms with Gasteiger partial charge >= 0.3 is 0 Å².